The van der Waals surface area contributed by atoms with Crippen molar-refractivity contribution in [1.29, 1.82) is 0 Å². The first-order chi connectivity index (χ1) is 9.42. The van der Waals surface area contributed by atoms with Crippen molar-refractivity contribution in [3.8, 4) is 0 Å². The molecule has 0 amide bonds. The molecule has 1 aromatic carbocycles. The molecule has 1 rings (SSSR count). The maximum Gasteiger partial charge on any atom is 0.338 e. The number of carbonyl (C=O) groups is 1. The number of likely N-dealkylation sites (N-methyl/N-ethyl adjacent to an activating group) is 1. The molecule has 20 heavy (non-hydrogen) atoms. The molecule has 0 saturated carbocycles. The average Bonchev–Trinajstić information content (AvgIpc) is 2.38. The van der Waals surface area contributed by atoms with Gasteiger partial charge in [0.2, 0.25) is 0 Å². The third-order valence-corrected chi connectivity index (χ3v) is 2.84. The topological polar surface area (TPSA) is 61.4 Å². The average molecular weight is 280 g/mol. The van der Waals surface area contributed by atoms with E-state index in [9.17, 15) is 10.0 Å². The second kappa shape index (κ2) is 7.87. The lowest BCUT2D eigenvalue weighted by Crippen LogP contribution is -2.36. The lowest BCUT2D eigenvalue weighted by atomic mass is 10.2. The van der Waals surface area contributed by atoms with Crippen LogP contribution < -0.4 is 5.32 Å². The van der Waals surface area contributed by atoms with Gasteiger partial charge in [0.25, 0.3) is 0 Å². The molecule has 0 aliphatic rings. The van der Waals surface area contributed by atoms with E-state index >= 15 is 0 Å². The third kappa shape index (κ3) is 6.54. The Labute approximate surface area is 120 Å². The minimum Gasteiger partial charge on any atom is -0.633 e. The van der Waals surface area contributed by atoms with Gasteiger partial charge in [-0.05, 0) is 30.7 Å². The maximum absolute atomic E-state index is 11.8. The monoisotopic (exact) mass is 280 g/mol. The summed E-state index contributed by atoms with van der Waals surface area (Å²) in [6.45, 7) is 3.45. The molecule has 0 heterocycles. The van der Waals surface area contributed by atoms with Crippen molar-refractivity contribution in [2.75, 3.05) is 39.1 Å². The predicted molar refractivity (Wildman–Crippen MR) is 80.5 cm³/mol. The van der Waals surface area contributed by atoms with Crippen molar-refractivity contribution >= 4 is 11.7 Å². The Morgan fingerprint density at radius 3 is 2.50 bits per heavy atom. The third-order valence-electron chi connectivity index (χ3n) is 2.84. The molecule has 0 aliphatic heterocycles. The molecule has 5 heteroatoms. The fourth-order valence-electron chi connectivity index (χ4n) is 1.58. The first-order valence-electron chi connectivity index (χ1n) is 6.97. The van der Waals surface area contributed by atoms with Gasteiger partial charge in [0.15, 0.2) is 0 Å². The van der Waals surface area contributed by atoms with Gasteiger partial charge in [0.1, 0.15) is 13.2 Å². The highest BCUT2D eigenvalue weighted by atomic mass is 16.6. The molecule has 112 valence electrons. The summed E-state index contributed by atoms with van der Waals surface area (Å²) >= 11 is 0. The summed E-state index contributed by atoms with van der Waals surface area (Å²) in [5.74, 6) is -0.390. The molecule has 0 radical (unpaired) electrons. The number of nitrogens with one attached hydrogen (secondary N) is 1. The van der Waals surface area contributed by atoms with Crippen molar-refractivity contribution in [2.24, 2.45) is 0 Å². The number of anilines is 1. The normalized spacial score (nSPS) is 11.2. The number of hydroxylamine groups is 3. The molecule has 0 atom stereocenters. The van der Waals surface area contributed by atoms with Gasteiger partial charge < -0.3 is 19.9 Å². The standard InChI is InChI=1S/C15H24N2O3/c1-4-5-10-16-14-8-6-13(7-9-14)15(18)20-12-11-17(2,3)19/h6-9,16H,4-5,10-12H2,1-3H3. The Balaban J connectivity index is 2.41. The van der Waals surface area contributed by atoms with Gasteiger partial charge in [-0.15, -0.1) is 0 Å². The SMILES string of the molecule is CCCCNc1ccc(C(=O)OCC[N+](C)(C)[O-])cc1. The predicted octanol–water partition coefficient (Wildman–Crippen LogP) is 2.63. The molecular formula is C15H24N2O3. The molecule has 1 N–H and O–H groups in total. The van der Waals surface area contributed by atoms with Crippen LogP contribution in [0.1, 0.15) is 30.1 Å². The second-order valence-corrected chi connectivity index (χ2v) is 5.29. The number of hydrogen-bond donors (Lipinski definition) is 1. The molecule has 0 aliphatic carbocycles. The summed E-state index contributed by atoms with van der Waals surface area (Å²) in [6, 6.07) is 7.18. The van der Waals surface area contributed by atoms with E-state index < -0.39 is 10.6 Å². The molecule has 0 unspecified atom stereocenters. The quantitative estimate of drug-likeness (QED) is 0.344. The number of carbonyl (C=O) groups excluding carboxylic acids is 1. The van der Waals surface area contributed by atoms with E-state index in [1.807, 2.05) is 12.1 Å². The number of nitrogens with zero attached hydrogens (tertiary/aromatic N) is 1. The zero-order valence-electron chi connectivity index (χ0n) is 12.5. The molecule has 5 nitrogen and oxygen atoms in total. The smallest absolute Gasteiger partial charge is 0.338 e. The van der Waals surface area contributed by atoms with E-state index in [0.29, 0.717) is 5.56 Å². The number of hydrogen-bond acceptors (Lipinski definition) is 4. The van der Waals surface area contributed by atoms with E-state index in [1.165, 1.54) is 14.1 Å². The fraction of sp³-hybridized carbons (Fsp3) is 0.533. The van der Waals surface area contributed by atoms with Gasteiger partial charge in [0.05, 0.1) is 19.7 Å². The van der Waals surface area contributed by atoms with Crippen LogP contribution in [0.2, 0.25) is 0 Å². The Bertz CT molecular complexity index is 410. The van der Waals surface area contributed by atoms with Crippen LogP contribution in [-0.2, 0) is 4.74 Å². The van der Waals surface area contributed by atoms with Crippen LogP contribution in [0.25, 0.3) is 0 Å². The molecule has 0 spiro atoms. The molecule has 0 bridgehead atoms. The van der Waals surface area contributed by atoms with Crippen LogP contribution in [0.4, 0.5) is 5.69 Å². The number of quaternary nitrogens is 1. The number of unbranched alkanes of at least 4 members (excludes halogenated alkanes) is 1. The lowest BCUT2D eigenvalue weighted by molar-refractivity contribution is -0.840. The fourth-order valence-corrected chi connectivity index (χ4v) is 1.58. The minimum absolute atomic E-state index is 0.131. The number of benzene rings is 1. The lowest BCUT2D eigenvalue weighted by Gasteiger charge is -2.33. The second-order valence-electron chi connectivity index (χ2n) is 5.29. The Morgan fingerprint density at radius 2 is 1.95 bits per heavy atom. The Kier molecular flexibility index (Phi) is 6.48. The highest BCUT2D eigenvalue weighted by molar-refractivity contribution is 5.89. The van der Waals surface area contributed by atoms with Crippen LogP contribution in [0.3, 0.4) is 0 Å². The van der Waals surface area contributed by atoms with Crippen LogP contribution in [0.5, 0.6) is 0 Å². The van der Waals surface area contributed by atoms with E-state index in [4.69, 9.17) is 4.74 Å². The molecule has 1 aromatic rings. The van der Waals surface area contributed by atoms with Crippen LogP contribution >= 0.6 is 0 Å². The Hall–Kier alpha value is -1.59. The maximum atomic E-state index is 11.8. The summed E-state index contributed by atoms with van der Waals surface area (Å²) < 4.78 is 4.60. The number of ether oxygens (including phenoxy) is 1. The number of esters is 1. The zero-order valence-corrected chi connectivity index (χ0v) is 12.5. The summed E-state index contributed by atoms with van der Waals surface area (Å²) in [7, 11) is 3.04. The minimum atomic E-state index is -0.465. The van der Waals surface area contributed by atoms with Crippen LogP contribution in [0.15, 0.2) is 24.3 Å². The van der Waals surface area contributed by atoms with Crippen molar-refractivity contribution in [2.45, 2.75) is 19.8 Å². The number of rotatable bonds is 8. The van der Waals surface area contributed by atoms with Gasteiger partial charge >= 0.3 is 5.97 Å². The first-order valence-corrected chi connectivity index (χ1v) is 6.97. The summed E-state index contributed by atoms with van der Waals surface area (Å²) in [4.78, 5) is 11.8. The first kappa shape index (κ1) is 16.5. The van der Waals surface area contributed by atoms with E-state index in [2.05, 4.69) is 12.2 Å². The van der Waals surface area contributed by atoms with E-state index in [-0.39, 0.29) is 13.2 Å². The van der Waals surface area contributed by atoms with Crippen LogP contribution in [-0.4, -0.2) is 44.4 Å². The Morgan fingerprint density at radius 1 is 1.30 bits per heavy atom. The molecule has 0 fully saturated rings. The molecule has 0 aromatic heterocycles. The molecule has 0 saturated heterocycles. The van der Waals surface area contributed by atoms with Crippen molar-refractivity contribution in [1.82, 2.24) is 0 Å². The van der Waals surface area contributed by atoms with Gasteiger partial charge in [-0.2, -0.15) is 0 Å². The highest BCUT2D eigenvalue weighted by Crippen LogP contribution is 2.11. The summed E-state index contributed by atoms with van der Waals surface area (Å²) in [5, 5.41) is 14.6. The summed E-state index contributed by atoms with van der Waals surface area (Å²) in [5.41, 5.74) is 1.50. The van der Waals surface area contributed by atoms with Gasteiger partial charge in [-0.25, -0.2) is 4.79 Å². The van der Waals surface area contributed by atoms with E-state index in [0.717, 1.165) is 25.1 Å². The zero-order chi connectivity index (χ0) is 15.0. The van der Waals surface area contributed by atoms with Crippen molar-refractivity contribution in [3.63, 3.8) is 0 Å². The molecular weight excluding hydrogens is 256 g/mol. The van der Waals surface area contributed by atoms with Gasteiger partial charge in [-0.3, -0.25) is 0 Å². The van der Waals surface area contributed by atoms with Gasteiger partial charge in [-0.1, -0.05) is 13.3 Å². The van der Waals surface area contributed by atoms with Crippen LogP contribution in [0, 0.1) is 5.21 Å². The van der Waals surface area contributed by atoms with E-state index in [1.54, 1.807) is 12.1 Å². The largest absolute Gasteiger partial charge is 0.633 e. The van der Waals surface area contributed by atoms with Gasteiger partial charge in [0, 0.05) is 12.2 Å². The highest BCUT2D eigenvalue weighted by Gasteiger charge is 2.09. The van der Waals surface area contributed by atoms with Crippen molar-refractivity contribution < 1.29 is 14.2 Å². The van der Waals surface area contributed by atoms with Crippen molar-refractivity contribution in [3.05, 3.63) is 35.0 Å². The summed E-state index contributed by atoms with van der Waals surface area (Å²) in [6.07, 6.45) is 2.26.